The second-order valence-corrected chi connectivity index (χ2v) is 9.42. The fourth-order valence-corrected chi connectivity index (χ4v) is 4.85. The van der Waals surface area contributed by atoms with Gasteiger partial charge in [-0.1, -0.05) is 41.4 Å². The van der Waals surface area contributed by atoms with E-state index in [0.717, 1.165) is 0 Å². The van der Waals surface area contributed by atoms with Gasteiger partial charge >= 0.3 is 5.69 Å². The predicted molar refractivity (Wildman–Crippen MR) is 121 cm³/mol. The zero-order valence-corrected chi connectivity index (χ0v) is 18.2. The molecule has 0 aliphatic heterocycles. The van der Waals surface area contributed by atoms with Gasteiger partial charge in [-0.3, -0.25) is 9.36 Å². The van der Waals surface area contributed by atoms with Crippen molar-refractivity contribution in [3.05, 3.63) is 103 Å². The third-order valence-corrected chi connectivity index (χ3v) is 6.96. The van der Waals surface area contributed by atoms with Crippen molar-refractivity contribution in [1.82, 2.24) is 8.54 Å². The summed E-state index contributed by atoms with van der Waals surface area (Å²) in [4.78, 5) is 26.2. The third-order valence-electron chi connectivity index (χ3n) is 4.81. The van der Waals surface area contributed by atoms with E-state index in [1.54, 1.807) is 24.3 Å². The number of benzene rings is 3. The second-order valence-electron chi connectivity index (χ2n) is 6.76. The average Bonchev–Trinajstić information content (AvgIpc) is 2.72. The van der Waals surface area contributed by atoms with Crippen molar-refractivity contribution < 1.29 is 8.42 Å². The molecular weight excluding hydrogens is 461 g/mol. The average molecular weight is 476 g/mol. The number of fused-ring (bicyclic) bond motifs is 1. The summed E-state index contributed by atoms with van der Waals surface area (Å²) in [6, 6.07) is 16.3. The molecule has 1 aromatic heterocycles. The van der Waals surface area contributed by atoms with Gasteiger partial charge in [-0.15, -0.1) is 3.97 Å². The number of hydrogen-bond donors (Lipinski definition) is 1. The van der Waals surface area contributed by atoms with E-state index in [-0.39, 0.29) is 26.3 Å². The molecule has 3 aromatic carbocycles. The maximum absolute atomic E-state index is 13.4. The summed E-state index contributed by atoms with van der Waals surface area (Å²) in [6.07, 6.45) is 0. The van der Waals surface area contributed by atoms with Crippen LogP contribution in [0.3, 0.4) is 0 Å². The van der Waals surface area contributed by atoms with Gasteiger partial charge in [-0.05, 0) is 54.1 Å². The molecule has 0 bridgehead atoms. The van der Waals surface area contributed by atoms with Crippen molar-refractivity contribution in [1.29, 1.82) is 0 Å². The van der Waals surface area contributed by atoms with Crippen molar-refractivity contribution in [3.63, 3.8) is 0 Å². The number of hydrogen-bond acceptors (Lipinski definition) is 5. The third kappa shape index (κ3) is 3.74. The normalized spacial score (nSPS) is 11.7. The molecule has 4 rings (SSSR count). The van der Waals surface area contributed by atoms with E-state index < -0.39 is 21.3 Å². The summed E-state index contributed by atoms with van der Waals surface area (Å²) in [7, 11) is -4.50. The Bertz CT molecular complexity index is 1540. The number of anilines is 1. The molecule has 0 saturated heterocycles. The van der Waals surface area contributed by atoms with Crippen LogP contribution in [-0.4, -0.2) is 17.0 Å². The number of halogens is 2. The number of nitrogens with two attached hydrogens (primary N) is 1. The fourth-order valence-electron chi connectivity index (χ4n) is 3.24. The van der Waals surface area contributed by atoms with E-state index in [4.69, 9.17) is 28.9 Å². The van der Waals surface area contributed by atoms with Crippen LogP contribution in [0.15, 0.2) is 81.2 Å². The highest BCUT2D eigenvalue weighted by Gasteiger charge is 2.25. The van der Waals surface area contributed by atoms with Crippen LogP contribution >= 0.6 is 23.2 Å². The Labute approximate surface area is 186 Å². The van der Waals surface area contributed by atoms with Crippen LogP contribution < -0.4 is 17.0 Å². The molecule has 0 unspecified atom stereocenters. The number of nitrogens with zero attached hydrogens (tertiary/aromatic N) is 2. The van der Waals surface area contributed by atoms with Crippen LogP contribution in [0.1, 0.15) is 5.56 Å². The number of para-hydroxylation sites is 1. The minimum Gasteiger partial charge on any atom is -0.398 e. The first-order valence-corrected chi connectivity index (χ1v) is 11.2. The summed E-state index contributed by atoms with van der Waals surface area (Å²) in [6.45, 7) is -0.0568. The molecule has 0 aliphatic carbocycles. The number of nitrogen functional groups attached to an aromatic ring is 1. The monoisotopic (exact) mass is 475 g/mol. The van der Waals surface area contributed by atoms with Crippen LogP contribution in [0.25, 0.3) is 10.9 Å². The quantitative estimate of drug-likeness (QED) is 0.455. The van der Waals surface area contributed by atoms with Gasteiger partial charge in [0.25, 0.3) is 15.6 Å². The van der Waals surface area contributed by atoms with E-state index >= 15 is 0 Å². The molecule has 0 spiro atoms. The van der Waals surface area contributed by atoms with E-state index in [1.165, 1.54) is 47.0 Å². The Morgan fingerprint density at radius 3 is 2.19 bits per heavy atom. The Balaban J connectivity index is 2.07. The minimum absolute atomic E-state index is 0.0241. The summed E-state index contributed by atoms with van der Waals surface area (Å²) in [5, 5.41) is 0.631. The highest BCUT2D eigenvalue weighted by Crippen LogP contribution is 2.20. The Kier molecular flexibility index (Phi) is 5.38. The van der Waals surface area contributed by atoms with Gasteiger partial charge in [0, 0.05) is 15.7 Å². The maximum atomic E-state index is 13.4. The van der Waals surface area contributed by atoms with Crippen molar-refractivity contribution in [3.8, 4) is 0 Å². The van der Waals surface area contributed by atoms with Gasteiger partial charge in [0.1, 0.15) is 0 Å². The predicted octanol–water partition coefficient (Wildman–Crippen LogP) is 3.34. The molecule has 158 valence electrons. The molecule has 0 aliphatic rings. The molecule has 31 heavy (non-hydrogen) atoms. The highest BCUT2D eigenvalue weighted by atomic mass is 35.5. The zero-order valence-electron chi connectivity index (χ0n) is 15.8. The summed E-state index contributed by atoms with van der Waals surface area (Å²) >= 11 is 11.9. The minimum atomic E-state index is -4.50. The molecule has 0 atom stereocenters. The fraction of sp³-hybridized carbons (Fsp3) is 0.0476. The zero-order chi connectivity index (χ0) is 22.3. The van der Waals surface area contributed by atoms with Crippen LogP contribution in [0.5, 0.6) is 0 Å². The van der Waals surface area contributed by atoms with E-state index in [2.05, 4.69) is 0 Å². The van der Waals surface area contributed by atoms with Crippen molar-refractivity contribution in [2.24, 2.45) is 0 Å². The van der Waals surface area contributed by atoms with Crippen molar-refractivity contribution in [2.45, 2.75) is 11.4 Å². The first kappa shape index (κ1) is 21.2. The molecular formula is C21H15Cl2N3O4S. The van der Waals surface area contributed by atoms with E-state index in [0.29, 0.717) is 21.3 Å². The van der Waals surface area contributed by atoms with Gasteiger partial charge in [0.15, 0.2) is 0 Å². The Morgan fingerprint density at radius 1 is 0.871 bits per heavy atom. The molecule has 4 aromatic rings. The number of aromatic nitrogens is 2. The van der Waals surface area contributed by atoms with Crippen LogP contribution in [0.2, 0.25) is 10.0 Å². The molecule has 1 heterocycles. The lowest BCUT2D eigenvalue weighted by molar-refractivity contribution is 0.578. The molecule has 2 N–H and O–H groups in total. The Hall–Kier alpha value is -3.07. The van der Waals surface area contributed by atoms with Crippen LogP contribution in [0.4, 0.5) is 5.69 Å². The van der Waals surface area contributed by atoms with Gasteiger partial charge in [-0.25, -0.2) is 13.2 Å². The summed E-state index contributed by atoms with van der Waals surface area (Å²) in [5.41, 5.74) is 5.22. The molecule has 0 amide bonds. The van der Waals surface area contributed by atoms with Gasteiger partial charge in [0.05, 0.1) is 22.3 Å². The van der Waals surface area contributed by atoms with E-state index in [9.17, 15) is 18.0 Å². The summed E-state index contributed by atoms with van der Waals surface area (Å²) < 4.78 is 27.9. The Morgan fingerprint density at radius 2 is 1.52 bits per heavy atom. The first-order valence-electron chi connectivity index (χ1n) is 9.00. The van der Waals surface area contributed by atoms with Crippen LogP contribution in [0, 0.1) is 0 Å². The lowest BCUT2D eigenvalue weighted by Gasteiger charge is -2.15. The largest absolute Gasteiger partial charge is 0.398 e. The topological polar surface area (TPSA) is 104 Å². The molecule has 10 heteroatoms. The highest BCUT2D eigenvalue weighted by molar-refractivity contribution is 7.90. The first-order chi connectivity index (χ1) is 14.7. The second kappa shape index (κ2) is 7.88. The molecule has 7 nitrogen and oxygen atoms in total. The SMILES string of the molecule is Nc1ccccc1Cn1c(=O)n(S(=O)(=O)c2ccc(Cl)cc2)c(=O)c2ccc(Cl)cc21. The smallest absolute Gasteiger partial charge is 0.346 e. The number of rotatable bonds is 4. The van der Waals surface area contributed by atoms with E-state index in [1.807, 2.05) is 0 Å². The van der Waals surface area contributed by atoms with Gasteiger partial charge in [-0.2, -0.15) is 0 Å². The molecule has 0 saturated carbocycles. The van der Waals surface area contributed by atoms with Crippen molar-refractivity contribution in [2.75, 3.05) is 5.73 Å². The molecule has 0 radical (unpaired) electrons. The standard InChI is InChI=1S/C21H15Cl2N3O4S/c22-14-5-8-16(9-6-14)31(29,30)26-20(27)17-10-7-15(23)11-19(17)25(21(26)28)12-13-3-1-2-4-18(13)24/h1-11H,12,24H2. The van der Waals surface area contributed by atoms with Crippen molar-refractivity contribution >= 4 is 49.8 Å². The van der Waals surface area contributed by atoms with Gasteiger partial charge in [0.2, 0.25) is 0 Å². The lowest BCUT2D eigenvalue weighted by atomic mass is 10.1. The van der Waals surface area contributed by atoms with Crippen LogP contribution in [-0.2, 0) is 16.6 Å². The maximum Gasteiger partial charge on any atom is 0.346 e. The molecule has 0 fully saturated rings. The van der Waals surface area contributed by atoms with Gasteiger partial charge < -0.3 is 5.73 Å². The lowest BCUT2D eigenvalue weighted by Crippen LogP contribution is -2.44. The summed E-state index contributed by atoms with van der Waals surface area (Å²) in [5.74, 6) is 0.